The highest BCUT2D eigenvalue weighted by molar-refractivity contribution is 5.94. The summed E-state index contributed by atoms with van der Waals surface area (Å²) in [6, 6.07) is 22.2. The first-order valence-electron chi connectivity index (χ1n) is 9.41. The van der Waals surface area contributed by atoms with Crippen molar-refractivity contribution in [2.75, 3.05) is 5.32 Å². The lowest BCUT2D eigenvalue weighted by Crippen LogP contribution is -2.20. The number of para-hydroxylation sites is 3. The fraction of sp³-hybridized carbons (Fsp3) is 0.167. The summed E-state index contributed by atoms with van der Waals surface area (Å²) in [5, 5.41) is 3.08. The quantitative estimate of drug-likeness (QED) is 0.533. The molecule has 1 heterocycles. The molecule has 0 radical (unpaired) electrons. The van der Waals surface area contributed by atoms with E-state index in [4.69, 9.17) is 4.98 Å². The molecule has 0 aliphatic heterocycles. The maximum Gasteiger partial charge on any atom is 0.244 e. The van der Waals surface area contributed by atoms with Gasteiger partial charge in [-0.25, -0.2) is 4.98 Å². The van der Waals surface area contributed by atoms with Gasteiger partial charge in [-0.1, -0.05) is 54.1 Å². The van der Waals surface area contributed by atoms with E-state index < -0.39 is 0 Å². The predicted molar refractivity (Wildman–Crippen MR) is 114 cm³/mol. The number of nitrogens with zero attached hydrogens (tertiary/aromatic N) is 2. The summed E-state index contributed by atoms with van der Waals surface area (Å²) in [6.07, 6.45) is 0. The van der Waals surface area contributed by atoms with Crippen molar-refractivity contribution in [3.63, 3.8) is 0 Å². The average molecular weight is 369 g/mol. The number of rotatable bonds is 4. The van der Waals surface area contributed by atoms with Gasteiger partial charge in [0.2, 0.25) is 5.91 Å². The molecule has 1 N–H and O–H groups in total. The molecule has 0 bridgehead atoms. The van der Waals surface area contributed by atoms with Gasteiger partial charge in [0.15, 0.2) is 0 Å². The molecule has 4 heteroatoms. The van der Waals surface area contributed by atoms with Gasteiger partial charge >= 0.3 is 0 Å². The summed E-state index contributed by atoms with van der Waals surface area (Å²) in [5.74, 6) is 0.746. The summed E-state index contributed by atoms with van der Waals surface area (Å²) in [5.41, 5.74) is 7.02. The van der Waals surface area contributed by atoms with Gasteiger partial charge in [0.25, 0.3) is 0 Å². The summed E-state index contributed by atoms with van der Waals surface area (Å²) in [6.45, 7) is 6.28. The zero-order valence-electron chi connectivity index (χ0n) is 16.4. The van der Waals surface area contributed by atoms with Crippen molar-refractivity contribution in [1.82, 2.24) is 9.55 Å². The van der Waals surface area contributed by atoms with Crippen molar-refractivity contribution >= 4 is 22.6 Å². The van der Waals surface area contributed by atoms with E-state index in [0.717, 1.165) is 44.8 Å². The minimum atomic E-state index is -0.0607. The monoisotopic (exact) mass is 369 g/mol. The van der Waals surface area contributed by atoms with Crippen LogP contribution in [0.4, 0.5) is 5.69 Å². The number of hydrogen-bond acceptors (Lipinski definition) is 2. The van der Waals surface area contributed by atoms with Crippen LogP contribution in [0, 0.1) is 20.8 Å². The Bertz CT molecular complexity index is 1150. The zero-order chi connectivity index (χ0) is 19.7. The van der Waals surface area contributed by atoms with Gasteiger partial charge in [-0.15, -0.1) is 0 Å². The minimum absolute atomic E-state index is 0.0607. The third kappa shape index (κ3) is 3.41. The average Bonchev–Trinajstić information content (AvgIpc) is 3.03. The van der Waals surface area contributed by atoms with Gasteiger partial charge in [-0.3, -0.25) is 4.79 Å². The number of aromatic nitrogens is 2. The van der Waals surface area contributed by atoms with Gasteiger partial charge in [0.05, 0.1) is 11.0 Å². The fourth-order valence-electron chi connectivity index (χ4n) is 3.57. The Kier molecular flexibility index (Phi) is 4.70. The summed E-state index contributed by atoms with van der Waals surface area (Å²) >= 11 is 0. The molecule has 0 unspecified atom stereocenters. The second kappa shape index (κ2) is 7.31. The van der Waals surface area contributed by atoms with Gasteiger partial charge in [-0.2, -0.15) is 0 Å². The van der Waals surface area contributed by atoms with Crippen LogP contribution in [0.15, 0.2) is 66.7 Å². The van der Waals surface area contributed by atoms with E-state index in [2.05, 4.69) is 24.4 Å². The highest BCUT2D eigenvalue weighted by Crippen LogP contribution is 2.26. The summed E-state index contributed by atoms with van der Waals surface area (Å²) < 4.78 is 1.99. The molecule has 4 aromatic rings. The molecule has 0 saturated heterocycles. The number of carbonyl (C=O) groups is 1. The SMILES string of the molecule is Cc1cccc(-c2nc3ccccc3n2CC(=O)Nc2c(C)cccc2C)c1. The molecule has 1 aromatic heterocycles. The predicted octanol–water partition coefficient (Wildman–Crippen LogP) is 5.27. The molecule has 0 saturated carbocycles. The lowest BCUT2D eigenvalue weighted by Gasteiger charge is -2.13. The Morgan fingerprint density at radius 2 is 1.64 bits per heavy atom. The summed E-state index contributed by atoms with van der Waals surface area (Å²) in [7, 11) is 0. The van der Waals surface area contributed by atoms with Crippen molar-refractivity contribution in [2.45, 2.75) is 27.3 Å². The first kappa shape index (κ1) is 18.0. The molecule has 28 heavy (non-hydrogen) atoms. The minimum Gasteiger partial charge on any atom is -0.324 e. The fourth-order valence-corrected chi connectivity index (χ4v) is 3.57. The van der Waals surface area contributed by atoms with Crippen molar-refractivity contribution in [1.29, 1.82) is 0 Å². The smallest absolute Gasteiger partial charge is 0.244 e. The third-order valence-corrected chi connectivity index (χ3v) is 4.98. The Labute approximate surface area is 164 Å². The Morgan fingerprint density at radius 3 is 2.39 bits per heavy atom. The van der Waals surface area contributed by atoms with E-state index in [1.54, 1.807) is 0 Å². The van der Waals surface area contributed by atoms with Crippen LogP contribution in [0.1, 0.15) is 16.7 Å². The van der Waals surface area contributed by atoms with Crippen molar-refractivity contribution < 1.29 is 4.79 Å². The van der Waals surface area contributed by atoms with E-state index in [-0.39, 0.29) is 12.5 Å². The van der Waals surface area contributed by atoms with Gasteiger partial charge in [0, 0.05) is 11.3 Å². The first-order chi connectivity index (χ1) is 13.5. The Balaban J connectivity index is 1.73. The van der Waals surface area contributed by atoms with Crippen LogP contribution in [0.5, 0.6) is 0 Å². The van der Waals surface area contributed by atoms with Crippen molar-refractivity contribution in [2.24, 2.45) is 0 Å². The van der Waals surface area contributed by atoms with Crippen LogP contribution in [-0.4, -0.2) is 15.5 Å². The van der Waals surface area contributed by atoms with Crippen molar-refractivity contribution in [3.05, 3.63) is 83.4 Å². The van der Waals surface area contributed by atoms with E-state index in [1.807, 2.05) is 73.0 Å². The highest BCUT2D eigenvalue weighted by Gasteiger charge is 2.16. The number of anilines is 1. The standard InChI is InChI=1S/C24H23N3O/c1-16-8-6-11-19(14-16)24-25-20-12-4-5-13-21(20)27(24)15-22(28)26-23-17(2)9-7-10-18(23)3/h4-14H,15H2,1-3H3,(H,26,28). The second-order valence-electron chi connectivity index (χ2n) is 7.19. The molecular weight excluding hydrogens is 346 g/mol. The lowest BCUT2D eigenvalue weighted by atomic mass is 10.1. The highest BCUT2D eigenvalue weighted by atomic mass is 16.1. The Hall–Kier alpha value is -3.40. The number of hydrogen-bond donors (Lipinski definition) is 1. The zero-order valence-corrected chi connectivity index (χ0v) is 16.4. The number of imidazole rings is 1. The molecule has 140 valence electrons. The van der Waals surface area contributed by atoms with Crippen LogP contribution in [0.25, 0.3) is 22.4 Å². The first-order valence-corrected chi connectivity index (χ1v) is 9.41. The second-order valence-corrected chi connectivity index (χ2v) is 7.19. The molecule has 0 aliphatic rings. The molecule has 0 atom stereocenters. The van der Waals surface area contributed by atoms with E-state index in [0.29, 0.717) is 0 Å². The molecule has 0 aliphatic carbocycles. The van der Waals surface area contributed by atoms with Gasteiger partial charge < -0.3 is 9.88 Å². The molecule has 3 aromatic carbocycles. The normalized spacial score (nSPS) is 11.0. The maximum absolute atomic E-state index is 12.9. The lowest BCUT2D eigenvalue weighted by molar-refractivity contribution is -0.116. The van der Waals surface area contributed by atoms with E-state index >= 15 is 0 Å². The largest absolute Gasteiger partial charge is 0.324 e. The Morgan fingerprint density at radius 1 is 0.929 bits per heavy atom. The number of amides is 1. The van der Waals surface area contributed by atoms with Gasteiger partial charge in [0.1, 0.15) is 12.4 Å². The van der Waals surface area contributed by atoms with Crippen LogP contribution < -0.4 is 5.32 Å². The van der Waals surface area contributed by atoms with Crippen LogP contribution in [0.3, 0.4) is 0 Å². The topological polar surface area (TPSA) is 46.9 Å². The number of carbonyl (C=O) groups excluding carboxylic acids is 1. The number of nitrogens with one attached hydrogen (secondary N) is 1. The third-order valence-electron chi connectivity index (χ3n) is 4.98. The van der Waals surface area contributed by atoms with Crippen molar-refractivity contribution in [3.8, 4) is 11.4 Å². The van der Waals surface area contributed by atoms with E-state index in [1.165, 1.54) is 0 Å². The molecule has 0 fully saturated rings. The number of fused-ring (bicyclic) bond motifs is 1. The van der Waals surface area contributed by atoms with Crippen LogP contribution in [0.2, 0.25) is 0 Å². The molecular formula is C24H23N3O. The number of aryl methyl sites for hydroxylation is 3. The molecule has 0 spiro atoms. The van der Waals surface area contributed by atoms with Crippen LogP contribution in [-0.2, 0) is 11.3 Å². The van der Waals surface area contributed by atoms with E-state index in [9.17, 15) is 4.79 Å². The number of benzene rings is 3. The maximum atomic E-state index is 12.9. The summed E-state index contributed by atoms with van der Waals surface area (Å²) in [4.78, 5) is 17.7. The molecule has 1 amide bonds. The molecule has 4 nitrogen and oxygen atoms in total. The van der Waals surface area contributed by atoms with Crippen LogP contribution >= 0.6 is 0 Å². The molecule has 4 rings (SSSR count). The van der Waals surface area contributed by atoms with Gasteiger partial charge in [-0.05, 0) is 50.1 Å².